The molecule has 1 atom stereocenters. The van der Waals surface area contributed by atoms with Crippen molar-refractivity contribution in [2.75, 3.05) is 18.0 Å². The molecule has 34 heavy (non-hydrogen) atoms. The van der Waals surface area contributed by atoms with Crippen LogP contribution in [0.4, 0.5) is 5.69 Å². The molecular weight excluding hydrogens is 446 g/mol. The highest BCUT2D eigenvalue weighted by Gasteiger charge is 2.40. The molecule has 1 aromatic heterocycles. The molecule has 3 aromatic rings. The fourth-order valence-corrected chi connectivity index (χ4v) is 5.88. The maximum atomic E-state index is 14.2. The molecule has 7 heteroatoms. The third-order valence-corrected chi connectivity index (χ3v) is 7.91. The lowest BCUT2D eigenvalue weighted by Gasteiger charge is -2.41. The molecule has 0 aliphatic rings. The Hall–Kier alpha value is -3.42. The van der Waals surface area contributed by atoms with Gasteiger partial charge in [-0.25, -0.2) is 8.42 Å². The van der Waals surface area contributed by atoms with E-state index in [9.17, 15) is 8.42 Å². The van der Waals surface area contributed by atoms with Crippen LogP contribution < -0.4 is 14.8 Å². The van der Waals surface area contributed by atoms with Gasteiger partial charge in [-0.3, -0.25) is 9.29 Å². The summed E-state index contributed by atoms with van der Waals surface area (Å²) < 4.78 is 35.0. The minimum Gasteiger partial charge on any atom is -0.497 e. The molecule has 2 aromatic carbocycles. The van der Waals surface area contributed by atoms with Crippen LogP contribution in [-0.2, 0) is 10.0 Å². The van der Waals surface area contributed by atoms with E-state index >= 15 is 0 Å². The fraction of sp³-hybridized carbons (Fsp3) is 0.222. The molecule has 0 amide bonds. The zero-order valence-electron chi connectivity index (χ0n) is 19.8. The van der Waals surface area contributed by atoms with E-state index in [1.54, 1.807) is 49.8 Å². The second-order valence-corrected chi connectivity index (χ2v) is 10.3. The van der Waals surface area contributed by atoms with E-state index in [1.165, 1.54) is 10.4 Å². The molecule has 0 radical (unpaired) electrons. The lowest BCUT2D eigenvalue weighted by Crippen LogP contribution is -2.53. The number of sulfonamides is 1. The molecule has 3 rings (SSSR count). The van der Waals surface area contributed by atoms with Gasteiger partial charge in [-0.2, -0.15) is 0 Å². The molecular formula is C27H31N3O3S. The quantitative estimate of drug-likeness (QED) is 0.413. The molecule has 0 aliphatic carbocycles. The van der Waals surface area contributed by atoms with Gasteiger partial charge in [0.25, 0.3) is 0 Å². The number of anilines is 1. The first-order chi connectivity index (χ1) is 16.2. The van der Waals surface area contributed by atoms with E-state index in [2.05, 4.69) is 11.6 Å². The molecule has 1 heterocycles. The van der Waals surface area contributed by atoms with Gasteiger partial charge in [0.15, 0.2) is 0 Å². The summed E-state index contributed by atoms with van der Waals surface area (Å²) in [4.78, 5) is 4.04. The Kier molecular flexibility index (Phi) is 7.91. The zero-order valence-corrected chi connectivity index (χ0v) is 20.6. The first kappa shape index (κ1) is 25.2. The summed E-state index contributed by atoms with van der Waals surface area (Å²) in [6, 6.07) is 18.1. The molecule has 0 saturated carbocycles. The van der Waals surface area contributed by atoms with Crippen LogP contribution in [-0.4, -0.2) is 32.6 Å². The Bertz CT molecular complexity index is 1240. The standard InChI is InChI=1S/C27H31N3O3S/c1-5-26(23-12-14-24(33-4)15-13-23)34(31,32)30(27(2,3)20-28)25-9-7-6-8-22(25)11-10-21-16-18-29-19-17-21/h5-19,26H,1,20,28H2,2-4H3. The molecule has 0 saturated heterocycles. The van der Waals surface area contributed by atoms with Crippen molar-refractivity contribution in [3.05, 3.63) is 102 Å². The second kappa shape index (κ2) is 10.7. The molecule has 0 fully saturated rings. The summed E-state index contributed by atoms with van der Waals surface area (Å²) in [5.41, 5.74) is 8.06. The van der Waals surface area contributed by atoms with Crippen molar-refractivity contribution in [3.63, 3.8) is 0 Å². The van der Waals surface area contributed by atoms with Gasteiger partial charge in [-0.15, -0.1) is 6.58 Å². The molecule has 6 nitrogen and oxygen atoms in total. The van der Waals surface area contributed by atoms with E-state index in [-0.39, 0.29) is 6.54 Å². The maximum Gasteiger partial charge on any atom is 0.246 e. The zero-order chi connectivity index (χ0) is 24.8. The first-order valence-electron chi connectivity index (χ1n) is 10.9. The summed E-state index contributed by atoms with van der Waals surface area (Å²) in [6.07, 6.45) is 8.70. The van der Waals surface area contributed by atoms with E-state index in [1.807, 2.05) is 56.3 Å². The van der Waals surface area contributed by atoms with Crippen LogP contribution in [0.1, 0.15) is 35.8 Å². The highest BCUT2D eigenvalue weighted by molar-refractivity contribution is 7.93. The van der Waals surface area contributed by atoms with Crippen LogP contribution in [0.15, 0.2) is 85.7 Å². The normalized spacial score (nSPS) is 12.9. The number of hydrogen-bond acceptors (Lipinski definition) is 5. The Morgan fingerprint density at radius 1 is 1.06 bits per heavy atom. The number of rotatable bonds is 10. The van der Waals surface area contributed by atoms with Crippen LogP contribution in [0.3, 0.4) is 0 Å². The monoisotopic (exact) mass is 477 g/mol. The summed E-state index contributed by atoms with van der Waals surface area (Å²) in [7, 11) is -2.40. The van der Waals surface area contributed by atoms with Crippen molar-refractivity contribution in [2.45, 2.75) is 24.6 Å². The van der Waals surface area contributed by atoms with Gasteiger partial charge in [-0.05, 0) is 60.9 Å². The van der Waals surface area contributed by atoms with Crippen molar-refractivity contribution in [1.82, 2.24) is 4.98 Å². The number of nitrogens with zero attached hydrogens (tertiary/aromatic N) is 2. The molecule has 0 bridgehead atoms. The molecule has 0 aliphatic heterocycles. The Balaban J connectivity index is 2.14. The van der Waals surface area contributed by atoms with Crippen LogP contribution >= 0.6 is 0 Å². The van der Waals surface area contributed by atoms with Crippen LogP contribution in [0, 0.1) is 0 Å². The number of para-hydroxylation sites is 1. The topological polar surface area (TPSA) is 85.5 Å². The Labute approximate surface area is 202 Å². The number of benzene rings is 2. The first-order valence-corrected chi connectivity index (χ1v) is 12.4. The van der Waals surface area contributed by atoms with Crippen molar-refractivity contribution in [1.29, 1.82) is 0 Å². The summed E-state index contributed by atoms with van der Waals surface area (Å²) in [5.74, 6) is 0.648. The third-order valence-electron chi connectivity index (χ3n) is 5.60. The number of nitrogens with two attached hydrogens (primary N) is 1. The SMILES string of the molecule is C=CC(c1ccc(OC)cc1)S(=O)(=O)N(c1ccccc1C=Cc1ccncc1)C(C)(C)CN. The van der Waals surface area contributed by atoms with Gasteiger partial charge in [0.05, 0.1) is 18.3 Å². The van der Waals surface area contributed by atoms with Crippen molar-refractivity contribution >= 4 is 27.9 Å². The lowest BCUT2D eigenvalue weighted by molar-refractivity contribution is 0.414. The maximum absolute atomic E-state index is 14.2. The van der Waals surface area contributed by atoms with Crippen molar-refractivity contribution in [2.24, 2.45) is 5.73 Å². The number of methoxy groups -OCH3 is 1. The predicted octanol–water partition coefficient (Wildman–Crippen LogP) is 5.06. The fourth-order valence-electron chi connectivity index (χ4n) is 3.70. The predicted molar refractivity (Wildman–Crippen MR) is 140 cm³/mol. The average Bonchev–Trinajstić information content (AvgIpc) is 2.84. The summed E-state index contributed by atoms with van der Waals surface area (Å²) in [5, 5.41) is -0.971. The minimum absolute atomic E-state index is 0.126. The van der Waals surface area contributed by atoms with Crippen molar-refractivity contribution in [3.8, 4) is 5.75 Å². The van der Waals surface area contributed by atoms with Crippen molar-refractivity contribution < 1.29 is 13.2 Å². The smallest absolute Gasteiger partial charge is 0.246 e. The van der Waals surface area contributed by atoms with Crippen LogP contribution in [0.2, 0.25) is 0 Å². The van der Waals surface area contributed by atoms with Gasteiger partial charge in [0.2, 0.25) is 10.0 Å². The highest BCUT2D eigenvalue weighted by atomic mass is 32.2. The Morgan fingerprint density at radius 2 is 1.71 bits per heavy atom. The molecule has 1 unspecified atom stereocenters. The van der Waals surface area contributed by atoms with Gasteiger partial charge in [-0.1, -0.05) is 48.6 Å². The van der Waals surface area contributed by atoms with Gasteiger partial charge >= 0.3 is 0 Å². The number of ether oxygens (including phenoxy) is 1. The van der Waals surface area contributed by atoms with E-state index in [0.717, 1.165) is 11.1 Å². The van der Waals surface area contributed by atoms with E-state index < -0.39 is 20.8 Å². The number of aromatic nitrogens is 1. The molecule has 2 N–H and O–H groups in total. The van der Waals surface area contributed by atoms with Crippen LogP contribution in [0.25, 0.3) is 12.2 Å². The summed E-state index contributed by atoms with van der Waals surface area (Å²) in [6.45, 7) is 7.61. The molecule has 178 valence electrons. The highest BCUT2D eigenvalue weighted by Crippen LogP contribution is 2.38. The lowest BCUT2D eigenvalue weighted by atomic mass is 10.0. The third kappa shape index (κ3) is 5.38. The number of pyridine rings is 1. The van der Waals surface area contributed by atoms with Gasteiger partial charge in [0.1, 0.15) is 11.0 Å². The van der Waals surface area contributed by atoms with Gasteiger partial charge < -0.3 is 10.5 Å². The Morgan fingerprint density at radius 3 is 2.29 bits per heavy atom. The minimum atomic E-state index is -3.96. The van der Waals surface area contributed by atoms with E-state index in [4.69, 9.17) is 10.5 Å². The molecule has 0 spiro atoms. The summed E-state index contributed by atoms with van der Waals surface area (Å²) >= 11 is 0. The average molecular weight is 478 g/mol. The van der Waals surface area contributed by atoms with Gasteiger partial charge in [0, 0.05) is 18.9 Å². The second-order valence-electron chi connectivity index (χ2n) is 8.43. The number of hydrogen-bond donors (Lipinski definition) is 1. The largest absolute Gasteiger partial charge is 0.497 e. The van der Waals surface area contributed by atoms with Crippen LogP contribution in [0.5, 0.6) is 5.75 Å². The van der Waals surface area contributed by atoms with E-state index in [0.29, 0.717) is 17.0 Å².